The van der Waals surface area contributed by atoms with Gasteiger partial charge in [-0.05, 0) is 76.6 Å². The number of nitrogens with one attached hydrogen (secondary N) is 1. The number of para-hydroxylation sites is 1. The molecule has 7 atom stereocenters. The van der Waals surface area contributed by atoms with E-state index in [0.29, 0.717) is 34.6 Å². The lowest BCUT2D eigenvalue weighted by molar-refractivity contribution is -0.179. The monoisotopic (exact) mass is 1090 g/mol. The summed E-state index contributed by atoms with van der Waals surface area (Å²) in [4.78, 5) is 108. The van der Waals surface area contributed by atoms with Gasteiger partial charge in [0.2, 0.25) is 11.8 Å². The standard InChI is InChI=1S/C61H62N4O15/c1-35(2)49(57(70)78-7)62-60(73)64-44-26-25-36(17-16-23-42(55(68)76-5)56(69)77-6)31-43(44)61(59(64)72)48(54(67)63-28-27-39-32-46(74-3)47(75-4)33-40(39)34-63)51-58(71)80-52(38-20-12-9-13-21-38)50(37-18-10-8-11-19-37)65(51)53(61)41-22-14-15-24-45(41)79-30-29-66/h8-15,18-22,24-26,31-33,35,42,48-53,66H,23,27-30,34H2,1-7H3,(H,62,73). The highest BCUT2D eigenvalue weighted by atomic mass is 16.6. The highest BCUT2D eigenvalue weighted by molar-refractivity contribution is 6.25. The van der Waals surface area contributed by atoms with Gasteiger partial charge in [-0.2, -0.15) is 0 Å². The number of carbonyl (C=O) groups excluding carboxylic acids is 7. The summed E-state index contributed by atoms with van der Waals surface area (Å²) in [6.07, 6.45) is -1.06. The summed E-state index contributed by atoms with van der Waals surface area (Å²) in [5.41, 5.74) is 1.18. The largest absolute Gasteiger partial charge is 0.493 e. The smallest absolute Gasteiger partial charge is 0.329 e. The average Bonchev–Trinajstić information content (AvgIpc) is 2.84. The van der Waals surface area contributed by atoms with Crippen LogP contribution in [-0.4, -0.2) is 124 Å². The first-order valence-electron chi connectivity index (χ1n) is 26.1. The molecule has 5 aromatic carbocycles. The number of rotatable bonds is 15. The van der Waals surface area contributed by atoms with Gasteiger partial charge in [0.05, 0.1) is 65.8 Å². The molecule has 9 rings (SSSR count). The van der Waals surface area contributed by atoms with Crippen LogP contribution in [0.5, 0.6) is 17.2 Å². The molecule has 4 heterocycles. The van der Waals surface area contributed by atoms with E-state index in [2.05, 4.69) is 17.2 Å². The summed E-state index contributed by atoms with van der Waals surface area (Å²) >= 11 is 0. The highest BCUT2D eigenvalue weighted by Crippen LogP contribution is 2.67. The van der Waals surface area contributed by atoms with Crippen LogP contribution in [0.4, 0.5) is 10.5 Å². The quantitative estimate of drug-likeness (QED) is 0.0536. The summed E-state index contributed by atoms with van der Waals surface area (Å²) in [5, 5.41) is 13.0. The predicted octanol–water partition coefficient (Wildman–Crippen LogP) is 5.94. The Labute approximate surface area is 462 Å². The fourth-order valence-corrected chi connectivity index (χ4v) is 11.8. The van der Waals surface area contributed by atoms with Crippen molar-refractivity contribution in [1.82, 2.24) is 15.1 Å². The molecule has 80 heavy (non-hydrogen) atoms. The SMILES string of the molecule is COC(=O)C(CC#Cc1ccc2c(c1)C1(C(=O)N2C(=O)NC(C(=O)OC)C(C)C)C(C(=O)N2CCc3cc(OC)c(OC)cc3C2)C2C(=O)OC(c3ccccc3)C(c3ccccc3)N2C1c1ccccc1OCCO)C(=O)OC. The van der Waals surface area contributed by atoms with Crippen molar-refractivity contribution < 1.29 is 71.8 Å². The zero-order valence-corrected chi connectivity index (χ0v) is 45.3. The number of aliphatic hydroxyl groups is 1. The van der Waals surface area contributed by atoms with Crippen LogP contribution in [0.2, 0.25) is 0 Å². The van der Waals surface area contributed by atoms with Crippen LogP contribution < -0.4 is 24.4 Å². The normalized spacial score (nSPS) is 21.3. The molecule has 2 fully saturated rings. The Morgan fingerprint density at radius 3 is 2.00 bits per heavy atom. The Morgan fingerprint density at radius 1 is 0.750 bits per heavy atom. The molecule has 2 N–H and O–H groups in total. The van der Waals surface area contributed by atoms with Gasteiger partial charge in [0, 0.05) is 30.6 Å². The number of hydrogen-bond donors (Lipinski definition) is 2. The molecule has 5 aromatic rings. The van der Waals surface area contributed by atoms with Crippen LogP contribution in [0, 0.1) is 29.6 Å². The van der Waals surface area contributed by atoms with E-state index in [0.717, 1.165) is 30.2 Å². The van der Waals surface area contributed by atoms with Crippen molar-refractivity contribution in [2.45, 2.75) is 68.9 Å². The first-order chi connectivity index (χ1) is 38.7. The summed E-state index contributed by atoms with van der Waals surface area (Å²) in [5.74, 6) is -1.56. The second-order valence-corrected chi connectivity index (χ2v) is 20.0. The molecular weight excluding hydrogens is 1030 g/mol. The van der Waals surface area contributed by atoms with Crippen molar-refractivity contribution >= 4 is 47.4 Å². The molecule has 19 nitrogen and oxygen atoms in total. The number of ether oxygens (including phenoxy) is 7. The van der Waals surface area contributed by atoms with Crippen LogP contribution in [-0.2, 0) is 66.1 Å². The molecule has 2 saturated heterocycles. The van der Waals surface area contributed by atoms with Crippen LogP contribution in [0.25, 0.3) is 0 Å². The molecular formula is C61H62N4O15. The van der Waals surface area contributed by atoms with Crippen LogP contribution in [0.3, 0.4) is 0 Å². The minimum Gasteiger partial charge on any atom is -0.493 e. The maximum absolute atomic E-state index is 17.1. The Bertz CT molecular complexity index is 3250. The van der Waals surface area contributed by atoms with Crippen molar-refractivity contribution in [3.8, 4) is 29.1 Å². The fraction of sp³-hybridized carbons (Fsp3) is 0.361. The van der Waals surface area contributed by atoms with Gasteiger partial charge in [-0.15, -0.1) is 0 Å². The lowest BCUT2D eigenvalue weighted by atomic mass is 9.64. The number of urea groups is 1. The van der Waals surface area contributed by atoms with E-state index in [1.54, 1.807) is 55.1 Å². The second kappa shape index (κ2) is 23.7. The molecule has 0 bridgehead atoms. The number of morpholine rings is 1. The number of nitrogens with zero attached hydrogens (tertiary/aromatic N) is 3. The van der Waals surface area contributed by atoms with Gasteiger partial charge < -0.3 is 48.5 Å². The third kappa shape index (κ3) is 9.93. The van der Waals surface area contributed by atoms with Crippen LogP contribution in [0.1, 0.15) is 77.4 Å². The maximum atomic E-state index is 17.1. The fourth-order valence-electron chi connectivity index (χ4n) is 11.8. The number of hydrogen-bond acceptors (Lipinski definition) is 16. The molecule has 7 unspecified atom stereocenters. The summed E-state index contributed by atoms with van der Waals surface area (Å²) in [6, 6.07) is 27.2. The van der Waals surface area contributed by atoms with Gasteiger partial charge in [-0.3, -0.25) is 28.9 Å². The molecule has 4 aliphatic heterocycles. The lowest BCUT2D eigenvalue weighted by Crippen LogP contribution is -2.58. The van der Waals surface area contributed by atoms with Crippen molar-refractivity contribution in [3.05, 3.63) is 154 Å². The number of methoxy groups -OCH3 is 5. The van der Waals surface area contributed by atoms with E-state index in [1.807, 2.05) is 71.6 Å². The van der Waals surface area contributed by atoms with Crippen molar-refractivity contribution in [3.63, 3.8) is 0 Å². The first-order valence-corrected chi connectivity index (χ1v) is 26.1. The van der Waals surface area contributed by atoms with Gasteiger partial charge in [0.25, 0.3) is 0 Å². The van der Waals surface area contributed by atoms with E-state index >= 15 is 19.2 Å². The number of carbonyl (C=O) groups is 7. The van der Waals surface area contributed by atoms with E-state index in [1.165, 1.54) is 33.5 Å². The van der Waals surface area contributed by atoms with E-state index < -0.39 is 102 Å². The van der Waals surface area contributed by atoms with Crippen LogP contribution >= 0.6 is 0 Å². The van der Waals surface area contributed by atoms with Gasteiger partial charge in [0.1, 0.15) is 36.0 Å². The zero-order chi connectivity index (χ0) is 57.0. The number of imide groups is 1. The van der Waals surface area contributed by atoms with E-state index in [4.69, 9.17) is 33.2 Å². The van der Waals surface area contributed by atoms with Gasteiger partial charge in [0.15, 0.2) is 17.4 Å². The molecule has 0 saturated carbocycles. The number of amides is 4. The molecule has 1 spiro atoms. The summed E-state index contributed by atoms with van der Waals surface area (Å²) in [7, 11) is 6.48. The van der Waals surface area contributed by atoms with E-state index in [-0.39, 0.29) is 48.7 Å². The molecule has 4 amide bonds. The molecule has 416 valence electrons. The third-order valence-corrected chi connectivity index (χ3v) is 15.4. The Morgan fingerprint density at radius 2 is 1.38 bits per heavy atom. The van der Waals surface area contributed by atoms with E-state index in [9.17, 15) is 19.5 Å². The predicted molar refractivity (Wildman–Crippen MR) is 288 cm³/mol. The number of anilines is 1. The second-order valence-electron chi connectivity index (χ2n) is 20.0. The van der Waals surface area contributed by atoms with Gasteiger partial charge in [-0.1, -0.05) is 105 Å². The number of benzene rings is 5. The van der Waals surface area contributed by atoms with Crippen LogP contribution in [0.15, 0.2) is 115 Å². The molecule has 0 aromatic heterocycles. The van der Waals surface area contributed by atoms with Gasteiger partial charge >= 0.3 is 29.9 Å². The minimum absolute atomic E-state index is 0.00566. The first kappa shape index (κ1) is 56.0. The topological polar surface area (TPSA) is 226 Å². The maximum Gasteiger partial charge on any atom is 0.329 e. The van der Waals surface area contributed by atoms with Crippen molar-refractivity contribution in [1.29, 1.82) is 0 Å². The minimum atomic E-state index is -2.31. The Kier molecular flexibility index (Phi) is 16.6. The Balaban J connectivity index is 1.37. The number of cyclic esters (lactones) is 1. The number of esters is 4. The molecule has 0 radical (unpaired) electrons. The zero-order valence-electron chi connectivity index (χ0n) is 45.3. The molecule has 4 aliphatic rings. The number of fused-ring (bicyclic) bond motifs is 4. The lowest BCUT2D eigenvalue weighted by Gasteiger charge is -2.46. The third-order valence-electron chi connectivity index (χ3n) is 15.4. The van der Waals surface area contributed by atoms with Crippen molar-refractivity contribution in [2.75, 3.05) is 60.2 Å². The Hall–Kier alpha value is -8.73. The molecule has 0 aliphatic carbocycles. The molecule has 19 heteroatoms. The highest BCUT2D eigenvalue weighted by Gasteiger charge is 2.76. The number of aliphatic hydroxyl groups excluding tert-OH is 1. The van der Waals surface area contributed by atoms with Gasteiger partial charge in [-0.25, -0.2) is 14.5 Å². The average molecular weight is 1090 g/mol. The van der Waals surface area contributed by atoms with Crippen molar-refractivity contribution in [2.24, 2.45) is 17.8 Å². The summed E-state index contributed by atoms with van der Waals surface area (Å²) < 4.78 is 39.3. The summed E-state index contributed by atoms with van der Waals surface area (Å²) in [6.45, 7) is 2.93.